The molecule has 27 heavy (non-hydrogen) atoms. The molecule has 0 N–H and O–H groups in total. The van der Waals surface area contributed by atoms with Gasteiger partial charge in [-0.3, -0.25) is 9.59 Å². The summed E-state index contributed by atoms with van der Waals surface area (Å²) in [6.45, 7) is 3.74. The van der Waals surface area contributed by atoms with E-state index in [4.69, 9.17) is 4.74 Å². The van der Waals surface area contributed by atoms with Gasteiger partial charge in [-0.05, 0) is 23.3 Å². The first kappa shape index (κ1) is 18.8. The van der Waals surface area contributed by atoms with Gasteiger partial charge in [-0.2, -0.15) is 0 Å². The van der Waals surface area contributed by atoms with E-state index in [0.29, 0.717) is 0 Å². The van der Waals surface area contributed by atoms with Crippen molar-refractivity contribution in [3.05, 3.63) is 77.2 Å². The van der Waals surface area contributed by atoms with Crippen molar-refractivity contribution in [1.29, 1.82) is 0 Å². The fraction of sp³-hybridized carbons (Fsp3) is 0.273. The van der Waals surface area contributed by atoms with Crippen LogP contribution < -0.4 is 4.90 Å². The number of hydrogen-bond acceptors (Lipinski definition) is 4. The summed E-state index contributed by atoms with van der Waals surface area (Å²) in [5, 5.41) is 0. The summed E-state index contributed by atoms with van der Waals surface area (Å²) in [4.78, 5) is 26.2. The lowest BCUT2D eigenvalue weighted by Gasteiger charge is -2.23. The number of nitrogens with zero attached hydrogens (tertiary/aromatic N) is 1. The molecule has 3 rings (SSSR count). The molecule has 0 atom stereocenters. The molecule has 1 aliphatic rings. The van der Waals surface area contributed by atoms with Crippen LogP contribution in [0.3, 0.4) is 0 Å². The number of ketones is 1. The second-order valence-corrected chi connectivity index (χ2v) is 7.13. The number of hydrogen-bond donors (Lipinski definition) is 0. The minimum atomic E-state index is -0.630. The number of anilines is 1. The molecule has 0 spiro atoms. The van der Waals surface area contributed by atoms with Crippen molar-refractivity contribution >= 4 is 17.4 Å². The normalized spacial score (nSPS) is 16.3. The lowest BCUT2D eigenvalue weighted by molar-refractivity contribution is -0.146. The first-order chi connectivity index (χ1) is 12.8. The first-order valence-corrected chi connectivity index (χ1v) is 8.78. The summed E-state index contributed by atoms with van der Waals surface area (Å²) in [5.74, 6) is -1.40. The van der Waals surface area contributed by atoms with E-state index in [2.05, 4.69) is 13.8 Å². The molecule has 0 fully saturated rings. The van der Waals surface area contributed by atoms with E-state index in [9.17, 15) is 14.0 Å². The molecular weight excluding hydrogens is 345 g/mol. The molecule has 0 amide bonds. The van der Waals surface area contributed by atoms with Gasteiger partial charge in [-0.1, -0.05) is 50.2 Å². The van der Waals surface area contributed by atoms with Crippen LogP contribution in [0.15, 0.2) is 60.3 Å². The average Bonchev–Trinajstić information content (AvgIpc) is 2.83. The molecule has 140 valence electrons. The number of ether oxygens (including phenoxy) is 1. The minimum Gasteiger partial charge on any atom is -0.457 e. The van der Waals surface area contributed by atoms with Crippen molar-refractivity contribution in [2.45, 2.75) is 25.7 Å². The fourth-order valence-electron chi connectivity index (χ4n) is 3.45. The van der Waals surface area contributed by atoms with Gasteiger partial charge in [-0.25, -0.2) is 4.39 Å². The second kappa shape index (κ2) is 7.35. The monoisotopic (exact) mass is 367 g/mol. The molecule has 4 nitrogen and oxygen atoms in total. The summed E-state index contributed by atoms with van der Waals surface area (Å²) < 4.78 is 18.6. The summed E-state index contributed by atoms with van der Waals surface area (Å²) in [5.41, 5.74) is 2.97. The molecular formula is C22H22FNO3. The number of allylic oxidation sites excluding steroid dienone is 1. The Morgan fingerprint density at radius 2 is 1.78 bits per heavy atom. The minimum absolute atomic E-state index is 0.201. The Bertz CT molecular complexity index is 917. The number of halogens is 1. The number of para-hydroxylation sites is 1. The van der Waals surface area contributed by atoms with Crippen molar-refractivity contribution in [1.82, 2.24) is 0 Å². The van der Waals surface area contributed by atoms with Crippen LogP contribution in [-0.4, -0.2) is 25.4 Å². The molecule has 0 radical (unpaired) electrons. The quantitative estimate of drug-likeness (QED) is 0.596. The Hall–Kier alpha value is -2.95. The number of carbonyl (C=O) groups is 2. The van der Waals surface area contributed by atoms with Crippen LogP contribution in [0.1, 0.15) is 25.0 Å². The molecule has 0 aliphatic carbocycles. The van der Waals surface area contributed by atoms with Crippen LogP contribution in [-0.2, 0) is 26.2 Å². The van der Waals surface area contributed by atoms with Gasteiger partial charge in [0.05, 0.1) is 6.42 Å². The van der Waals surface area contributed by atoms with E-state index in [1.165, 1.54) is 18.2 Å². The lowest BCUT2D eigenvalue weighted by atomic mass is 9.83. The lowest BCUT2D eigenvalue weighted by Crippen LogP contribution is -2.25. The van der Waals surface area contributed by atoms with Crippen LogP contribution in [0.25, 0.3) is 0 Å². The largest absolute Gasteiger partial charge is 0.457 e. The van der Waals surface area contributed by atoms with Crippen LogP contribution in [0.4, 0.5) is 10.1 Å². The van der Waals surface area contributed by atoms with Crippen LogP contribution in [0.2, 0.25) is 0 Å². The number of likely N-dealkylation sites (N-methyl/N-ethyl adjacent to an activating group) is 1. The van der Waals surface area contributed by atoms with Crippen molar-refractivity contribution in [2.75, 3.05) is 18.6 Å². The molecule has 1 heterocycles. The zero-order valence-corrected chi connectivity index (χ0v) is 15.7. The molecule has 0 bridgehead atoms. The second-order valence-electron chi connectivity index (χ2n) is 7.13. The molecule has 0 aromatic heterocycles. The van der Waals surface area contributed by atoms with Crippen molar-refractivity contribution in [3.8, 4) is 0 Å². The Balaban J connectivity index is 1.65. The zero-order valence-electron chi connectivity index (χ0n) is 15.7. The number of carbonyl (C=O) groups excluding carboxylic acids is 2. The van der Waals surface area contributed by atoms with E-state index in [-0.39, 0.29) is 29.8 Å². The summed E-state index contributed by atoms with van der Waals surface area (Å²) >= 11 is 0. The van der Waals surface area contributed by atoms with Gasteiger partial charge >= 0.3 is 5.97 Å². The van der Waals surface area contributed by atoms with E-state index in [0.717, 1.165) is 16.9 Å². The van der Waals surface area contributed by atoms with Gasteiger partial charge in [0.2, 0.25) is 0 Å². The maximum Gasteiger partial charge on any atom is 0.310 e. The molecule has 1 aliphatic heterocycles. The predicted molar refractivity (Wildman–Crippen MR) is 102 cm³/mol. The van der Waals surface area contributed by atoms with Gasteiger partial charge < -0.3 is 9.64 Å². The Morgan fingerprint density at radius 3 is 2.48 bits per heavy atom. The SMILES string of the molecule is CN1/C(=C\C(=O)COC(=O)Cc2ccccc2F)C(C)(C)c2ccccc21. The average molecular weight is 367 g/mol. The summed E-state index contributed by atoms with van der Waals surface area (Å²) in [6, 6.07) is 14.0. The highest BCUT2D eigenvalue weighted by Gasteiger charge is 2.38. The Morgan fingerprint density at radius 1 is 1.11 bits per heavy atom. The molecule has 2 aromatic carbocycles. The van der Waals surface area contributed by atoms with Crippen molar-refractivity contribution in [2.24, 2.45) is 0 Å². The van der Waals surface area contributed by atoms with Gasteiger partial charge in [0.1, 0.15) is 5.82 Å². The van der Waals surface area contributed by atoms with Gasteiger partial charge in [-0.15, -0.1) is 0 Å². The summed E-state index contributed by atoms with van der Waals surface area (Å²) in [7, 11) is 1.91. The van der Waals surface area contributed by atoms with E-state index < -0.39 is 11.8 Å². The predicted octanol–water partition coefficient (Wildman–Crippen LogP) is 3.79. The number of benzene rings is 2. The van der Waals surface area contributed by atoms with Crippen molar-refractivity contribution < 1.29 is 18.7 Å². The third-order valence-electron chi connectivity index (χ3n) is 4.91. The maximum absolute atomic E-state index is 13.6. The van der Waals surface area contributed by atoms with Crippen molar-refractivity contribution in [3.63, 3.8) is 0 Å². The third kappa shape index (κ3) is 3.77. The molecule has 0 saturated carbocycles. The first-order valence-electron chi connectivity index (χ1n) is 8.78. The molecule has 5 heteroatoms. The highest BCUT2D eigenvalue weighted by atomic mass is 19.1. The highest BCUT2D eigenvalue weighted by Crippen LogP contribution is 2.46. The van der Waals surface area contributed by atoms with Crippen LogP contribution >= 0.6 is 0 Å². The fourth-order valence-corrected chi connectivity index (χ4v) is 3.45. The number of esters is 1. The van der Waals surface area contributed by atoms with Crippen LogP contribution in [0, 0.1) is 5.82 Å². The molecule has 2 aromatic rings. The van der Waals surface area contributed by atoms with Gasteiger partial charge in [0, 0.05) is 29.9 Å². The zero-order chi connectivity index (χ0) is 19.6. The molecule has 0 saturated heterocycles. The van der Waals surface area contributed by atoms with E-state index >= 15 is 0 Å². The molecule has 0 unspecified atom stereocenters. The number of rotatable bonds is 5. The van der Waals surface area contributed by atoms with E-state index in [1.54, 1.807) is 12.1 Å². The topological polar surface area (TPSA) is 46.6 Å². The number of fused-ring (bicyclic) bond motifs is 1. The maximum atomic E-state index is 13.6. The van der Waals surface area contributed by atoms with Crippen LogP contribution in [0.5, 0.6) is 0 Å². The van der Waals surface area contributed by atoms with Gasteiger partial charge in [0.25, 0.3) is 0 Å². The standard InChI is InChI=1S/C22H22FNO3/c1-22(2)17-9-5-7-11-19(17)24(3)20(22)13-16(25)14-27-21(26)12-15-8-4-6-10-18(15)23/h4-11,13H,12,14H2,1-3H3/b20-13-. The smallest absolute Gasteiger partial charge is 0.310 e. The summed E-state index contributed by atoms with van der Waals surface area (Å²) in [6.07, 6.45) is 1.32. The van der Waals surface area contributed by atoms with E-state index in [1.807, 2.05) is 36.2 Å². The van der Waals surface area contributed by atoms with Gasteiger partial charge in [0.15, 0.2) is 12.4 Å². The Kier molecular flexibility index (Phi) is 5.13. The highest BCUT2D eigenvalue weighted by molar-refractivity contribution is 5.94. The Labute approximate surface area is 158 Å². The third-order valence-corrected chi connectivity index (χ3v) is 4.91.